The molecule has 0 saturated heterocycles. The topological polar surface area (TPSA) is 60.7 Å². The van der Waals surface area contributed by atoms with Crippen molar-refractivity contribution in [2.75, 3.05) is 6.61 Å². The van der Waals surface area contributed by atoms with Crippen LogP contribution in [0.15, 0.2) is 12.1 Å². The molecule has 0 fully saturated rings. The van der Waals surface area contributed by atoms with Gasteiger partial charge in [-0.25, -0.2) is 8.78 Å². The highest BCUT2D eigenvalue weighted by molar-refractivity contribution is 5.35. The minimum absolute atomic E-state index is 0.327. The Hall–Kier alpha value is -1.20. The second-order valence-electron chi connectivity index (χ2n) is 2.90. The zero-order valence-corrected chi connectivity index (χ0v) is 7.24. The Morgan fingerprint density at radius 3 is 2.36 bits per heavy atom. The molecule has 0 aliphatic rings. The molecular formula is C9H10F2O3. The quantitative estimate of drug-likeness (QED) is 0.674. The Morgan fingerprint density at radius 1 is 1.21 bits per heavy atom. The zero-order chi connectivity index (χ0) is 10.7. The normalized spacial score (nSPS) is 12.9. The van der Waals surface area contributed by atoms with Crippen molar-refractivity contribution in [2.24, 2.45) is 0 Å². The van der Waals surface area contributed by atoms with Crippen LogP contribution < -0.4 is 0 Å². The summed E-state index contributed by atoms with van der Waals surface area (Å²) < 4.78 is 25.8. The maximum atomic E-state index is 13.0. The van der Waals surface area contributed by atoms with Gasteiger partial charge in [-0.1, -0.05) is 0 Å². The van der Waals surface area contributed by atoms with E-state index in [1.807, 2.05) is 0 Å². The SMILES string of the molecule is OCC(O)Cc1c(F)ccc(F)c1O. The fraction of sp³-hybridized carbons (Fsp3) is 0.333. The molecule has 0 saturated carbocycles. The van der Waals surface area contributed by atoms with Crippen LogP contribution in [0.5, 0.6) is 5.75 Å². The van der Waals surface area contributed by atoms with Crippen molar-refractivity contribution in [3.63, 3.8) is 0 Å². The monoisotopic (exact) mass is 204 g/mol. The van der Waals surface area contributed by atoms with E-state index in [4.69, 9.17) is 15.3 Å². The van der Waals surface area contributed by atoms with E-state index in [1.165, 1.54) is 0 Å². The zero-order valence-electron chi connectivity index (χ0n) is 7.24. The second-order valence-corrected chi connectivity index (χ2v) is 2.90. The van der Waals surface area contributed by atoms with Crippen LogP contribution in [0.3, 0.4) is 0 Å². The van der Waals surface area contributed by atoms with Gasteiger partial charge < -0.3 is 15.3 Å². The third-order valence-corrected chi connectivity index (χ3v) is 1.83. The summed E-state index contributed by atoms with van der Waals surface area (Å²) in [6.07, 6.45) is -1.54. The molecule has 14 heavy (non-hydrogen) atoms. The predicted octanol–water partition coefficient (Wildman–Crippen LogP) is 0.566. The molecule has 0 amide bonds. The summed E-state index contributed by atoms with van der Waals surface area (Å²) in [4.78, 5) is 0. The van der Waals surface area contributed by atoms with Crippen LogP contribution in [0, 0.1) is 11.6 Å². The van der Waals surface area contributed by atoms with Gasteiger partial charge in [0.15, 0.2) is 11.6 Å². The molecule has 0 aliphatic carbocycles. The van der Waals surface area contributed by atoms with Gasteiger partial charge in [0.2, 0.25) is 0 Å². The summed E-state index contributed by atoms with van der Waals surface area (Å²) in [6, 6.07) is 1.65. The lowest BCUT2D eigenvalue weighted by Gasteiger charge is -2.10. The van der Waals surface area contributed by atoms with Crippen LogP contribution in [-0.2, 0) is 6.42 Å². The van der Waals surface area contributed by atoms with Crippen LogP contribution in [0.4, 0.5) is 8.78 Å². The Morgan fingerprint density at radius 2 is 1.79 bits per heavy atom. The summed E-state index contributed by atoms with van der Waals surface area (Å²) in [6.45, 7) is -0.574. The van der Waals surface area contributed by atoms with Gasteiger partial charge >= 0.3 is 0 Å². The third kappa shape index (κ3) is 2.18. The van der Waals surface area contributed by atoms with Crippen molar-refractivity contribution in [1.82, 2.24) is 0 Å². The van der Waals surface area contributed by atoms with E-state index >= 15 is 0 Å². The first kappa shape index (κ1) is 10.9. The minimum Gasteiger partial charge on any atom is -0.505 e. The van der Waals surface area contributed by atoms with Gasteiger partial charge in [0.05, 0.1) is 12.7 Å². The fourth-order valence-electron chi connectivity index (χ4n) is 1.08. The van der Waals surface area contributed by atoms with Gasteiger partial charge in [-0.05, 0) is 12.1 Å². The van der Waals surface area contributed by atoms with Crippen molar-refractivity contribution < 1.29 is 24.1 Å². The van der Waals surface area contributed by atoms with Crippen molar-refractivity contribution in [2.45, 2.75) is 12.5 Å². The molecule has 0 aromatic heterocycles. The molecule has 1 aromatic rings. The average molecular weight is 204 g/mol. The van der Waals surface area contributed by atoms with Gasteiger partial charge in [0, 0.05) is 12.0 Å². The number of phenols is 1. The number of rotatable bonds is 3. The minimum atomic E-state index is -1.21. The highest BCUT2D eigenvalue weighted by atomic mass is 19.1. The molecule has 3 nitrogen and oxygen atoms in total. The largest absolute Gasteiger partial charge is 0.505 e. The highest BCUT2D eigenvalue weighted by Crippen LogP contribution is 2.25. The Labute approximate surface area is 79.2 Å². The summed E-state index contributed by atoms with van der Waals surface area (Å²) in [5.41, 5.74) is -0.327. The standard InChI is InChI=1S/C9H10F2O3/c10-7-1-2-8(11)9(14)6(7)3-5(13)4-12/h1-2,5,12-14H,3-4H2. The van der Waals surface area contributed by atoms with E-state index in [9.17, 15) is 8.78 Å². The average Bonchev–Trinajstić information content (AvgIpc) is 2.18. The summed E-state index contributed by atoms with van der Waals surface area (Å²) in [5, 5.41) is 26.6. The number of aliphatic hydroxyl groups is 2. The number of aromatic hydroxyl groups is 1. The van der Waals surface area contributed by atoms with Crippen molar-refractivity contribution in [1.29, 1.82) is 0 Å². The fourth-order valence-corrected chi connectivity index (χ4v) is 1.08. The molecule has 0 spiro atoms. The van der Waals surface area contributed by atoms with Gasteiger partial charge in [-0.2, -0.15) is 0 Å². The smallest absolute Gasteiger partial charge is 0.165 e. The maximum absolute atomic E-state index is 13.0. The van der Waals surface area contributed by atoms with E-state index in [-0.39, 0.29) is 12.0 Å². The lowest BCUT2D eigenvalue weighted by atomic mass is 10.1. The van der Waals surface area contributed by atoms with Crippen LogP contribution in [0.1, 0.15) is 5.56 Å². The van der Waals surface area contributed by atoms with Crippen molar-refractivity contribution in [3.05, 3.63) is 29.3 Å². The summed E-state index contributed by atoms with van der Waals surface area (Å²) >= 11 is 0. The molecule has 1 aromatic carbocycles. The number of hydrogen-bond acceptors (Lipinski definition) is 3. The lowest BCUT2D eigenvalue weighted by molar-refractivity contribution is 0.0941. The Bertz CT molecular complexity index is 328. The molecule has 1 atom stereocenters. The summed E-state index contributed by atoms with van der Waals surface area (Å²) in [7, 11) is 0. The first-order valence-corrected chi connectivity index (χ1v) is 4.01. The van der Waals surface area contributed by atoms with Gasteiger partial charge in [0.1, 0.15) is 5.82 Å². The second kappa shape index (κ2) is 4.34. The van der Waals surface area contributed by atoms with E-state index in [0.717, 1.165) is 12.1 Å². The van der Waals surface area contributed by atoms with Crippen LogP contribution in [0.25, 0.3) is 0 Å². The highest BCUT2D eigenvalue weighted by Gasteiger charge is 2.15. The van der Waals surface area contributed by atoms with E-state index in [1.54, 1.807) is 0 Å². The number of benzene rings is 1. The first-order chi connectivity index (χ1) is 6.56. The van der Waals surface area contributed by atoms with E-state index < -0.39 is 30.1 Å². The molecule has 5 heteroatoms. The number of halogens is 2. The molecule has 0 heterocycles. The molecule has 78 valence electrons. The molecule has 1 unspecified atom stereocenters. The molecule has 0 radical (unpaired) electrons. The van der Waals surface area contributed by atoms with Gasteiger partial charge in [-0.3, -0.25) is 0 Å². The molecule has 0 bridgehead atoms. The maximum Gasteiger partial charge on any atom is 0.165 e. The number of hydrogen-bond donors (Lipinski definition) is 3. The van der Waals surface area contributed by atoms with Gasteiger partial charge in [0.25, 0.3) is 0 Å². The van der Waals surface area contributed by atoms with E-state index in [0.29, 0.717) is 0 Å². The third-order valence-electron chi connectivity index (χ3n) is 1.83. The van der Waals surface area contributed by atoms with Crippen LogP contribution >= 0.6 is 0 Å². The Kier molecular flexibility index (Phi) is 3.38. The van der Waals surface area contributed by atoms with Crippen molar-refractivity contribution in [3.8, 4) is 5.75 Å². The first-order valence-electron chi connectivity index (χ1n) is 4.01. The molecule has 3 N–H and O–H groups in total. The van der Waals surface area contributed by atoms with Crippen molar-refractivity contribution >= 4 is 0 Å². The number of aliphatic hydroxyl groups excluding tert-OH is 2. The number of phenolic OH excluding ortho intramolecular Hbond substituents is 1. The van der Waals surface area contributed by atoms with Crippen LogP contribution in [0.2, 0.25) is 0 Å². The van der Waals surface area contributed by atoms with Gasteiger partial charge in [-0.15, -0.1) is 0 Å². The molecule has 1 rings (SSSR count). The lowest BCUT2D eigenvalue weighted by Crippen LogP contribution is -2.16. The summed E-state index contributed by atoms with van der Waals surface area (Å²) in [5.74, 6) is -2.58. The Balaban J connectivity index is 3.00. The van der Waals surface area contributed by atoms with E-state index in [2.05, 4.69) is 0 Å². The predicted molar refractivity (Wildman–Crippen MR) is 44.8 cm³/mol. The van der Waals surface area contributed by atoms with Crippen LogP contribution in [-0.4, -0.2) is 28.0 Å². The molecular weight excluding hydrogens is 194 g/mol. The molecule has 0 aliphatic heterocycles.